The fourth-order valence-corrected chi connectivity index (χ4v) is 5.53. The standard InChI is InChI=1S/C13H16N4O2S2/c18-21(19,12-5-1-4-11-13(12)15-20-14-11)17-8-7-16-6-2-3-10(16)9-17/h1,4-5,10H,2-3,6-9H2/t10-/m0/s1. The monoisotopic (exact) mass is 324 g/mol. The number of piperazine rings is 1. The van der Waals surface area contributed by atoms with E-state index in [-0.39, 0.29) is 0 Å². The van der Waals surface area contributed by atoms with Crippen LogP contribution in [0.1, 0.15) is 12.8 Å². The molecule has 21 heavy (non-hydrogen) atoms. The number of benzene rings is 1. The number of hydrogen-bond acceptors (Lipinski definition) is 6. The van der Waals surface area contributed by atoms with E-state index in [0.29, 0.717) is 35.1 Å². The summed E-state index contributed by atoms with van der Waals surface area (Å²) in [6.07, 6.45) is 2.26. The Morgan fingerprint density at radius 1 is 1.19 bits per heavy atom. The molecule has 0 aliphatic carbocycles. The Labute approximate surface area is 127 Å². The minimum atomic E-state index is -3.49. The highest BCUT2D eigenvalue weighted by molar-refractivity contribution is 7.89. The summed E-state index contributed by atoms with van der Waals surface area (Å²) in [5.74, 6) is 0. The molecule has 2 saturated heterocycles. The Hall–Kier alpha value is -1.09. The highest BCUT2D eigenvalue weighted by atomic mass is 32.2. The van der Waals surface area contributed by atoms with Crippen molar-refractivity contribution >= 4 is 32.8 Å². The first-order chi connectivity index (χ1) is 10.2. The van der Waals surface area contributed by atoms with Crippen LogP contribution in [0.2, 0.25) is 0 Å². The van der Waals surface area contributed by atoms with Crippen molar-refractivity contribution in [2.24, 2.45) is 0 Å². The van der Waals surface area contributed by atoms with Crippen LogP contribution in [-0.4, -0.2) is 58.6 Å². The van der Waals surface area contributed by atoms with Gasteiger partial charge < -0.3 is 0 Å². The van der Waals surface area contributed by atoms with Gasteiger partial charge in [0.15, 0.2) is 0 Å². The van der Waals surface area contributed by atoms with Gasteiger partial charge in [0, 0.05) is 25.7 Å². The van der Waals surface area contributed by atoms with Gasteiger partial charge >= 0.3 is 0 Å². The fourth-order valence-electron chi connectivity index (χ4n) is 3.31. The van der Waals surface area contributed by atoms with Gasteiger partial charge in [0.25, 0.3) is 0 Å². The Kier molecular flexibility index (Phi) is 3.21. The maximum Gasteiger partial charge on any atom is 0.245 e. The molecule has 2 aliphatic rings. The fraction of sp³-hybridized carbons (Fsp3) is 0.538. The summed E-state index contributed by atoms with van der Waals surface area (Å²) in [7, 11) is -3.49. The molecule has 2 aromatic rings. The minimum absolute atomic E-state index is 0.292. The molecule has 0 radical (unpaired) electrons. The summed E-state index contributed by atoms with van der Waals surface area (Å²) >= 11 is 1.05. The summed E-state index contributed by atoms with van der Waals surface area (Å²) in [6.45, 7) is 3.09. The Morgan fingerprint density at radius 3 is 3.00 bits per heavy atom. The number of rotatable bonds is 2. The van der Waals surface area contributed by atoms with Crippen LogP contribution < -0.4 is 0 Å². The Bertz CT molecular complexity index is 773. The zero-order valence-electron chi connectivity index (χ0n) is 11.5. The molecular formula is C13H16N4O2S2. The van der Waals surface area contributed by atoms with Gasteiger partial charge in [-0.25, -0.2) is 8.42 Å². The van der Waals surface area contributed by atoms with Crippen LogP contribution in [0.4, 0.5) is 0 Å². The summed E-state index contributed by atoms with van der Waals surface area (Å²) in [4.78, 5) is 2.69. The summed E-state index contributed by atoms with van der Waals surface area (Å²) in [5.41, 5.74) is 1.15. The van der Waals surface area contributed by atoms with Gasteiger partial charge in [0.05, 0.1) is 11.7 Å². The first-order valence-electron chi connectivity index (χ1n) is 7.12. The molecule has 0 bridgehead atoms. The predicted octanol–water partition coefficient (Wildman–Crippen LogP) is 1.16. The topological polar surface area (TPSA) is 66.4 Å². The second-order valence-electron chi connectivity index (χ2n) is 5.58. The number of aromatic nitrogens is 2. The largest absolute Gasteiger partial charge is 0.298 e. The summed E-state index contributed by atoms with van der Waals surface area (Å²) < 4.78 is 35.8. The van der Waals surface area contributed by atoms with Crippen molar-refractivity contribution < 1.29 is 8.42 Å². The summed E-state index contributed by atoms with van der Waals surface area (Å²) in [5, 5.41) is 0. The lowest BCUT2D eigenvalue weighted by Gasteiger charge is -2.36. The average Bonchev–Trinajstić information content (AvgIpc) is 3.14. The van der Waals surface area contributed by atoms with E-state index in [1.54, 1.807) is 22.5 Å². The van der Waals surface area contributed by atoms with Crippen molar-refractivity contribution in [3.63, 3.8) is 0 Å². The lowest BCUT2D eigenvalue weighted by molar-refractivity contribution is 0.158. The van der Waals surface area contributed by atoms with Crippen molar-refractivity contribution in [2.75, 3.05) is 26.2 Å². The van der Waals surface area contributed by atoms with Gasteiger partial charge in [-0.15, -0.1) is 0 Å². The quantitative estimate of drug-likeness (QED) is 0.829. The third kappa shape index (κ3) is 2.17. The SMILES string of the molecule is O=S(=O)(c1cccc2nsnc12)N1CCN2CCC[C@H]2C1. The molecule has 6 nitrogen and oxygen atoms in total. The molecule has 1 atom stereocenters. The predicted molar refractivity (Wildman–Crippen MR) is 80.8 cm³/mol. The molecule has 0 amide bonds. The van der Waals surface area contributed by atoms with E-state index in [2.05, 4.69) is 13.6 Å². The van der Waals surface area contributed by atoms with Crippen LogP contribution in [0.5, 0.6) is 0 Å². The second-order valence-corrected chi connectivity index (χ2v) is 8.02. The van der Waals surface area contributed by atoms with E-state index >= 15 is 0 Å². The zero-order valence-corrected chi connectivity index (χ0v) is 13.1. The molecule has 2 aliphatic heterocycles. The van der Waals surface area contributed by atoms with Crippen molar-refractivity contribution in [1.29, 1.82) is 0 Å². The van der Waals surface area contributed by atoms with Crippen molar-refractivity contribution in [2.45, 2.75) is 23.8 Å². The molecule has 4 rings (SSSR count). The van der Waals surface area contributed by atoms with Crippen LogP contribution in [0.15, 0.2) is 23.1 Å². The zero-order chi connectivity index (χ0) is 14.4. The lowest BCUT2D eigenvalue weighted by atomic mass is 10.2. The number of nitrogens with zero attached hydrogens (tertiary/aromatic N) is 4. The van der Waals surface area contributed by atoms with Crippen molar-refractivity contribution in [3.8, 4) is 0 Å². The van der Waals surface area contributed by atoms with Crippen LogP contribution in [-0.2, 0) is 10.0 Å². The first kappa shape index (κ1) is 13.6. The molecule has 3 heterocycles. The van der Waals surface area contributed by atoms with Crippen molar-refractivity contribution in [1.82, 2.24) is 18.0 Å². The van der Waals surface area contributed by atoms with Gasteiger partial charge in [-0.3, -0.25) is 4.90 Å². The molecular weight excluding hydrogens is 308 g/mol. The molecule has 0 unspecified atom stereocenters. The Balaban J connectivity index is 1.71. The first-order valence-corrected chi connectivity index (χ1v) is 9.29. The number of fused-ring (bicyclic) bond motifs is 2. The molecule has 1 aromatic heterocycles. The highest BCUT2D eigenvalue weighted by Gasteiger charge is 2.37. The molecule has 0 N–H and O–H groups in total. The maximum atomic E-state index is 12.9. The molecule has 0 spiro atoms. The smallest absolute Gasteiger partial charge is 0.245 e. The van der Waals surface area contributed by atoms with E-state index in [1.165, 1.54) is 6.42 Å². The van der Waals surface area contributed by atoms with Crippen LogP contribution >= 0.6 is 11.7 Å². The van der Waals surface area contributed by atoms with E-state index in [9.17, 15) is 8.42 Å². The summed E-state index contributed by atoms with van der Waals surface area (Å²) in [6, 6.07) is 5.55. The van der Waals surface area contributed by atoms with E-state index in [4.69, 9.17) is 0 Å². The molecule has 0 saturated carbocycles. The molecule has 112 valence electrons. The van der Waals surface area contributed by atoms with Gasteiger partial charge in [0.2, 0.25) is 10.0 Å². The van der Waals surface area contributed by atoms with Crippen LogP contribution in [0.3, 0.4) is 0 Å². The van der Waals surface area contributed by atoms with Gasteiger partial charge in [0.1, 0.15) is 15.9 Å². The van der Waals surface area contributed by atoms with E-state index < -0.39 is 10.0 Å². The molecule has 2 fully saturated rings. The number of hydrogen-bond donors (Lipinski definition) is 0. The lowest BCUT2D eigenvalue weighted by Crippen LogP contribution is -2.51. The average molecular weight is 324 g/mol. The second kappa shape index (κ2) is 4.98. The highest BCUT2D eigenvalue weighted by Crippen LogP contribution is 2.28. The number of sulfonamides is 1. The van der Waals surface area contributed by atoms with Gasteiger partial charge in [-0.1, -0.05) is 6.07 Å². The van der Waals surface area contributed by atoms with Gasteiger partial charge in [-0.2, -0.15) is 13.1 Å². The van der Waals surface area contributed by atoms with Crippen LogP contribution in [0.25, 0.3) is 11.0 Å². The third-order valence-corrected chi connectivity index (χ3v) is 6.86. The third-order valence-electron chi connectivity index (χ3n) is 4.42. The van der Waals surface area contributed by atoms with Crippen molar-refractivity contribution in [3.05, 3.63) is 18.2 Å². The molecule has 8 heteroatoms. The van der Waals surface area contributed by atoms with E-state index in [0.717, 1.165) is 31.2 Å². The maximum absolute atomic E-state index is 12.9. The molecule has 1 aromatic carbocycles. The van der Waals surface area contributed by atoms with Crippen LogP contribution in [0, 0.1) is 0 Å². The minimum Gasteiger partial charge on any atom is -0.298 e. The normalized spacial score (nSPS) is 24.5. The van der Waals surface area contributed by atoms with E-state index in [1.807, 2.05) is 0 Å². The Morgan fingerprint density at radius 2 is 2.10 bits per heavy atom. The van der Waals surface area contributed by atoms with Gasteiger partial charge in [-0.05, 0) is 31.5 Å².